The Hall–Kier alpha value is -2.59. The minimum Gasteiger partial charge on any atom is -0.497 e. The normalized spacial score (nSPS) is 11.7. The van der Waals surface area contributed by atoms with E-state index < -0.39 is 0 Å². The Balaban J connectivity index is 1.82. The largest absolute Gasteiger partial charge is 0.497 e. The number of aryl methyl sites for hydroxylation is 1. The average Bonchev–Trinajstić information content (AvgIpc) is 2.70. The summed E-state index contributed by atoms with van der Waals surface area (Å²) < 4.78 is 6.19. The van der Waals surface area contributed by atoms with Crippen LogP contribution in [0.1, 0.15) is 33.9 Å². The van der Waals surface area contributed by atoms with Gasteiger partial charge in [-0.3, -0.25) is 4.79 Å². The summed E-state index contributed by atoms with van der Waals surface area (Å²) in [5, 5.41) is 3.50. The van der Waals surface area contributed by atoms with Crippen LogP contribution in [0.5, 0.6) is 5.75 Å². The number of hydrogen-bond acceptors (Lipinski definition) is 3. The van der Waals surface area contributed by atoms with Crippen molar-refractivity contribution in [3.63, 3.8) is 0 Å². The lowest BCUT2D eigenvalue weighted by atomic mass is 9.97. The summed E-state index contributed by atoms with van der Waals surface area (Å²) in [6.07, 6.45) is 0.363. The molecule has 3 aromatic rings. The van der Waals surface area contributed by atoms with Crippen molar-refractivity contribution in [1.82, 2.24) is 0 Å². The highest BCUT2D eigenvalue weighted by Gasteiger charge is 2.17. The number of carbonyl (C=O) groups excluding carboxylic acids is 1. The maximum absolute atomic E-state index is 12.8. The summed E-state index contributed by atoms with van der Waals surface area (Å²) in [4.78, 5) is 12.8. The van der Waals surface area contributed by atoms with Crippen molar-refractivity contribution in [2.75, 3.05) is 12.4 Å². The van der Waals surface area contributed by atoms with Gasteiger partial charge in [-0.1, -0.05) is 45.8 Å². The summed E-state index contributed by atoms with van der Waals surface area (Å²) in [5.74, 6) is 0.832. The first kappa shape index (κ1) is 19.2. The molecule has 0 heterocycles. The van der Waals surface area contributed by atoms with Gasteiger partial charge in [-0.2, -0.15) is 0 Å². The van der Waals surface area contributed by atoms with Crippen LogP contribution >= 0.6 is 15.9 Å². The number of methoxy groups -OCH3 is 1. The molecular formula is C23H22BrNO2. The van der Waals surface area contributed by atoms with E-state index in [0.717, 1.165) is 21.5 Å². The standard InChI is InChI=1S/C23H22BrNO2/c1-16-3-11-20(12-4-16)25-22(17-5-9-19(24)10-6-17)15-23(26)18-7-13-21(27-2)14-8-18/h3-14,22,25H,15H2,1-2H3. The summed E-state index contributed by atoms with van der Waals surface area (Å²) in [6, 6.07) is 23.4. The highest BCUT2D eigenvalue weighted by atomic mass is 79.9. The van der Waals surface area contributed by atoms with Crippen LogP contribution in [-0.2, 0) is 0 Å². The Kier molecular flexibility index (Phi) is 6.30. The van der Waals surface area contributed by atoms with E-state index in [2.05, 4.69) is 40.3 Å². The summed E-state index contributed by atoms with van der Waals surface area (Å²) in [5.41, 5.74) is 3.95. The lowest BCUT2D eigenvalue weighted by Crippen LogP contribution is -2.16. The van der Waals surface area contributed by atoms with Gasteiger partial charge in [-0.25, -0.2) is 0 Å². The second-order valence-electron chi connectivity index (χ2n) is 6.47. The third-order valence-electron chi connectivity index (χ3n) is 4.47. The maximum Gasteiger partial charge on any atom is 0.165 e. The van der Waals surface area contributed by atoms with Gasteiger partial charge in [0.05, 0.1) is 13.2 Å². The molecule has 1 N–H and O–H groups in total. The molecule has 0 saturated heterocycles. The number of halogens is 1. The van der Waals surface area contributed by atoms with Crippen LogP contribution in [0.2, 0.25) is 0 Å². The molecule has 3 aromatic carbocycles. The fourth-order valence-electron chi connectivity index (χ4n) is 2.88. The van der Waals surface area contributed by atoms with Crippen LogP contribution in [0.15, 0.2) is 77.3 Å². The molecule has 27 heavy (non-hydrogen) atoms. The van der Waals surface area contributed by atoms with Gasteiger partial charge < -0.3 is 10.1 Å². The van der Waals surface area contributed by atoms with Crippen LogP contribution in [-0.4, -0.2) is 12.9 Å². The number of hydrogen-bond donors (Lipinski definition) is 1. The Bertz CT molecular complexity index is 887. The zero-order valence-electron chi connectivity index (χ0n) is 15.4. The predicted molar refractivity (Wildman–Crippen MR) is 114 cm³/mol. The van der Waals surface area contributed by atoms with Crippen molar-refractivity contribution in [3.05, 3.63) is 94.0 Å². The lowest BCUT2D eigenvalue weighted by molar-refractivity contribution is 0.0976. The fourth-order valence-corrected chi connectivity index (χ4v) is 3.14. The number of ether oxygens (including phenoxy) is 1. The predicted octanol–water partition coefficient (Wildman–Crippen LogP) is 6.19. The fraction of sp³-hybridized carbons (Fsp3) is 0.174. The van der Waals surface area contributed by atoms with E-state index in [1.54, 1.807) is 7.11 Å². The van der Waals surface area contributed by atoms with Crippen LogP contribution < -0.4 is 10.1 Å². The van der Waals surface area contributed by atoms with E-state index >= 15 is 0 Å². The highest BCUT2D eigenvalue weighted by molar-refractivity contribution is 9.10. The molecular weight excluding hydrogens is 402 g/mol. The smallest absolute Gasteiger partial charge is 0.165 e. The van der Waals surface area contributed by atoms with Gasteiger partial charge in [0.2, 0.25) is 0 Å². The molecule has 0 aliphatic carbocycles. The van der Waals surface area contributed by atoms with Gasteiger partial charge in [-0.05, 0) is 61.0 Å². The second-order valence-corrected chi connectivity index (χ2v) is 7.39. The number of Topliss-reactive ketones (excluding diaryl/α,β-unsaturated/α-hetero) is 1. The topological polar surface area (TPSA) is 38.3 Å². The van der Waals surface area contributed by atoms with Crippen LogP contribution in [0.3, 0.4) is 0 Å². The summed E-state index contributed by atoms with van der Waals surface area (Å²) >= 11 is 3.47. The quantitative estimate of drug-likeness (QED) is 0.460. The first-order valence-corrected chi connectivity index (χ1v) is 9.60. The second kappa shape index (κ2) is 8.87. The zero-order valence-corrected chi connectivity index (χ0v) is 17.0. The number of anilines is 1. The SMILES string of the molecule is COc1ccc(C(=O)CC(Nc2ccc(C)cc2)c2ccc(Br)cc2)cc1. The molecule has 3 nitrogen and oxygen atoms in total. The molecule has 138 valence electrons. The van der Waals surface area contributed by atoms with Crippen LogP contribution in [0, 0.1) is 6.92 Å². The molecule has 0 amide bonds. The third kappa shape index (κ3) is 5.20. The first-order chi connectivity index (χ1) is 13.0. The molecule has 1 unspecified atom stereocenters. The van der Waals surface area contributed by atoms with E-state index in [1.165, 1.54) is 5.56 Å². The molecule has 0 bridgehead atoms. The van der Waals surface area contributed by atoms with Crippen molar-refractivity contribution in [2.24, 2.45) is 0 Å². The van der Waals surface area contributed by atoms with Crippen LogP contribution in [0.25, 0.3) is 0 Å². The van der Waals surface area contributed by atoms with Gasteiger partial charge in [-0.15, -0.1) is 0 Å². The van der Waals surface area contributed by atoms with Gasteiger partial charge in [0.15, 0.2) is 5.78 Å². The first-order valence-electron chi connectivity index (χ1n) is 8.81. The van der Waals surface area contributed by atoms with Gasteiger partial charge in [0.1, 0.15) is 5.75 Å². The van der Waals surface area contributed by atoms with Crippen LogP contribution in [0.4, 0.5) is 5.69 Å². The monoisotopic (exact) mass is 423 g/mol. The number of rotatable bonds is 7. The van der Waals surface area contributed by atoms with Gasteiger partial charge >= 0.3 is 0 Å². The van der Waals surface area contributed by atoms with Gasteiger partial charge in [0, 0.05) is 22.1 Å². The highest BCUT2D eigenvalue weighted by Crippen LogP contribution is 2.26. The maximum atomic E-state index is 12.8. The van der Waals surface area contributed by atoms with Gasteiger partial charge in [0.25, 0.3) is 0 Å². The minimum absolute atomic E-state index is 0.0881. The molecule has 0 saturated carbocycles. The van der Waals surface area contributed by atoms with Crippen molar-refractivity contribution in [3.8, 4) is 5.75 Å². The average molecular weight is 424 g/mol. The molecule has 3 rings (SSSR count). The van der Waals surface area contributed by atoms with Crippen molar-refractivity contribution in [1.29, 1.82) is 0 Å². The van der Waals surface area contributed by atoms with E-state index in [9.17, 15) is 4.79 Å². The van der Waals surface area contributed by atoms with E-state index in [4.69, 9.17) is 4.74 Å². The summed E-state index contributed by atoms with van der Waals surface area (Å²) in [7, 11) is 1.62. The molecule has 0 fully saturated rings. The molecule has 0 spiro atoms. The Morgan fingerprint density at radius 3 is 2.19 bits per heavy atom. The van der Waals surface area contributed by atoms with Crippen molar-refractivity contribution >= 4 is 27.4 Å². The molecule has 0 aromatic heterocycles. The Morgan fingerprint density at radius 1 is 0.963 bits per heavy atom. The molecule has 0 aliphatic heterocycles. The molecule has 0 aliphatic rings. The Morgan fingerprint density at radius 2 is 1.59 bits per heavy atom. The number of ketones is 1. The van der Waals surface area contributed by atoms with E-state index in [-0.39, 0.29) is 11.8 Å². The number of carbonyl (C=O) groups is 1. The molecule has 4 heteroatoms. The minimum atomic E-state index is -0.115. The Labute approximate surface area is 168 Å². The van der Waals surface area contributed by atoms with Crippen molar-refractivity contribution in [2.45, 2.75) is 19.4 Å². The zero-order chi connectivity index (χ0) is 19.2. The van der Waals surface area contributed by atoms with E-state index in [1.807, 2.05) is 60.7 Å². The number of nitrogens with one attached hydrogen (secondary N) is 1. The third-order valence-corrected chi connectivity index (χ3v) is 5.00. The van der Waals surface area contributed by atoms with Crippen molar-refractivity contribution < 1.29 is 9.53 Å². The molecule has 1 atom stereocenters. The number of benzene rings is 3. The summed E-state index contributed by atoms with van der Waals surface area (Å²) in [6.45, 7) is 2.06. The van der Waals surface area contributed by atoms with E-state index in [0.29, 0.717) is 12.0 Å². The molecule has 0 radical (unpaired) electrons. The lowest BCUT2D eigenvalue weighted by Gasteiger charge is -2.20.